The van der Waals surface area contributed by atoms with Gasteiger partial charge < -0.3 is 14.6 Å². The average molecular weight is 397 g/mol. The highest BCUT2D eigenvalue weighted by Gasteiger charge is 2.43. The fourth-order valence-electron chi connectivity index (χ4n) is 3.49. The van der Waals surface area contributed by atoms with Crippen LogP contribution in [0.4, 0.5) is 4.79 Å². The van der Waals surface area contributed by atoms with Gasteiger partial charge in [0.05, 0.1) is 38.0 Å². The molecule has 1 N–H and O–H groups in total. The molecule has 1 aromatic heterocycles. The van der Waals surface area contributed by atoms with E-state index >= 15 is 0 Å². The summed E-state index contributed by atoms with van der Waals surface area (Å²) >= 11 is 0. The number of aryl methyl sites for hydroxylation is 2. The maximum atomic E-state index is 12.7. The van der Waals surface area contributed by atoms with E-state index in [1.807, 2.05) is 44.2 Å². The minimum Gasteiger partial charge on any atom is -0.374 e. The molecule has 0 bridgehead atoms. The largest absolute Gasteiger partial charge is 0.374 e. The first-order chi connectivity index (χ1) is 14.0. The lowest BCUT2D eigenvalue weighted by atomic mass is 10.2. The third-order valence-electron chi connectivity index (χ3n) is 5.10. The van der Waals surface area contributed by atoms with E-state index in [1.165, 1.54) is 4.90 Å². The Hall–Kier alpha value is -3.20. The standard InChI is InChI=1S/C20H23N5O4/c1-13-17(14(2)29-23-13)10-24-9-16(8-21-24)25-19(26)18(22-20(25)27)12-28-11-15-6-4-3-5-7-15/h3-8,16,18H,9-12H2,1-2H3,(H,22,27). The van der Waals surface area contributed by atoms with Gasteiger partial charge in [-0.05, 0) is 19.4 Å². The van der Waals surface area contributed by atoms with Crippen LogP contribution in [0.25, 0.3) is 0 Å². The molecular formula is C20H23N5O4. The number of amides is 3. The molecule has 2 aromatic rings. The third-order valence-corrected chi connectivity index (χ3v) is 5.10. The first-order valence-electron chi connectivity index (χ1n) is 9.49. The fourth-order valence-corrected chi connectivity index (χ4v) is 3.49. The second kappa shape index (κ2) is 8.04. The highest BCUT2D eigenvalue weighted by molar-refractivity contribution is 6.06. The SMILES string of the molecule is Cc1noc(C)c1CN1CC(N2C(=O)NC(COCc3ccccc3)C2=O)C=N1. The molecule has 0 aliphatic carbocycles. The Balaban J connectivity index is 1.31. The predicted octanol–water partition coefficient (Wildman–Crippen LogP) is 1.60. The lowest BCUT2D eigenvalue weighted by Gasteiger charge is -2.21. The van der Waals surface area contributed by atoms with E-state index in [9.17, 15) is 9.59 Å². The van der Waals surface area contributed by atoms with Gasteiger partial charge in [0.1, 0.15) is 11.8 Å². The molecule has 152 valence electrons. The highest BCUT2D eigenvalue weighted by atomic mass is 16.5. The molecule has 1 aromatic carbocycles. The number of carbonyl (C=O) groups excluding carboxylic acids is 2. The Morgan fingerprint density at radius 1 is 1.24 bits per heavy atom. The minimum absolute atomic E-state index is 0.128. The van der Waals surface area contributed by atoms with E-state index in [-0.39, 0.29) is 12.5 Å². The zero-order chi connectivity index (χ0) is 20.4. The molecule has 2 atom stereocenters. The van der Waals surface area contributed by atoms with E-state index in [0.29, 0.717) is 19.7 Å². The van der Waals surface area contributed by atoms with Crippen molar-refractivity contribution in [2.24, 2.45) is 5.10 Å². The van der Waals surface area contributed by atoms with Crippen molar-refractivity contribution in [3.63, 3.8) is 0 Å². The summed E-state index contributed by atoms with van der Waals surface area (Å²) in [5, 5.41) is 12.8. The number of hydrogen-bond donors (Lipinski definition) is 1. The van der Waals surface area contributed by atoms with E-state index in [1.54, 1.807) is 11.2 Å². The summed E-state index contributed by atoms with van der Waals surface area (Å²) in [6.45, 7) is 5.19. The number of imide groups is 1. The number of carbonyl (C=O) groups is 2. The Labute approximate surface area is 168 Å². The maximum Gasteiger partial charge on any atom is 0.325 e. The van der Waals surface area contributed by atoms with Crippen LogP contribution in [0.2, 0.25) is 0 Å². The maximum absolute atomic E-state index is 12.7. The number of rotatable bonds is 7. The van der Waals surface area contributed by atoms with E-state index in [0.717, 1.165) is 22.6 Å². The zero-order valence-corrected chi connectivity index (χ0v) is 16.4. The quantitative estimate of drug-likeness (QED) is 0.713. The molecule has 0 radical (unpaired) electrons. The van der Waals surface area contributed by atoms with Crippen LogP contribution < -0.4 is 5.32 Å². The minimum atomic E-state index is -0.684. The van der Waals surface area contributed by atoms with Gasteiger partial charge in [0.2, 0.25) is 0 Å². The summed E-state index contributed by atoms with van der Waals surface area (Å²) in [4.78, 5) is 26.3. The fraction of sp³-hybridized carbons (Fsp3) is 0.400. The average Bonchev–Trinajstić information content (AvgIpc) is 3.37. The van der Waals surface area contributed by atoms with Crippen LogP contribution in [-0.4, -0.2) is 58.5 Å². The van der Waals surface area contributed by atoms with Gasteiger partial charge in [0.25, 0.3) is 5.91 Å². The van der Waals surface area contributed by atoms with Gasteiger partial charge in [-0.3, -0.25) is 14.7 Å². The summed E-state index contributed by atoms with van der Waals surface area (Å²) in [5.41, 5.74) is 2.79. The van der Waals surface area contributed by atoms with Crippen molar-refractivity contribution in [2.45, 2.75) is 39.1 Å². The van der Waals surface area contributed by atoms with Crippen LogP contribution in [0.5, 0.6) is 0 Å². The number of hydrazone groups is 1. The molecule has 2 aliphatic heterocycles. The number of urea groups is 1. The molecular weight excluding hydrogens is 374 g/mol. The smallest absolute Gasteiger partial charge is 0.325 e. The third kappa shape index (κ3) is 4.00. The summed E-state index contributed by atoms with van der Waals surface area (Å²) in [7, 11) is 0. The topological polar surface area (TPSA) is 100 Å². The van der Waals surface area contributed by atoms with Crippen molar-refractivity contribution in [1.82, 2.24) is 20.4 Å². The van der Waals surface area contributed by atoms with Gasteiger partial charge in [-0.25, -0.2) is 4.79 Å². The second-order valence-corrected chi connectivity index (χ2v) is 7.19. The second-order valence-electron chi connectivity index (χ2n) is 7.19. The van der Waals surface area contributed by atoms with Crippen molar-refractivity contribution in [3.8, 4) is 0 Å². The number of benzene rings is 1. The predicted molar refractivity (Wildman–Crippen MR) is 104 cm³/mol. The molecule has 3 amide bonds. The van der Waals surface area contributed by atoms with Gasteiger partial charge in [0.15, 0.2) is 0 Å². The van der Waals surface area contributed by atoms with Gasteiger partial charge in [0, 0.05) is 11.8 Å². The van der Waals surface area contributed by atoms with E-state index < -0.39 is 18.1 Å². The Morgan fingerprint density at radius 2 is 2.03 bits per heavy atom. The molecule has 1 fully saturated rings. The summed E-state index contributed by atoms with van der Waals surface area (Å²) in [5.74, 6) is 0.450. The van der Waals surface area contributed by atoms with Crippen LogP contribution in [0, 0.1) is 13.8 Å². The van der Waals surface area contributed by atoms with E-state index in [4.69, 9.17) is 9.26 Å². The summed E-state index contributed by atoms with van der Waals surface area (Å²) in [6, 6.07) is 8.17. The van der Waals surface area contributed by atoms with Crippen LogP contribution in [0.1, 0.15) is 22.6 Å². The Kier molecular flexibility index (Phi) is 5.30. The molecule has 2 unspecified atom stereocenters. The highest BCUT2D eigenvalue weighted by Crippen LogP contribution is 2.20. The zero-order valence-electron chi connectivity index (χ0n) is 16.4. The molecule has 9 heteroatoms. The number of nitrogens with zero attached hydrogens (tertiary/aromatic N) is 4. The van der Waals surface area contributed by atoms with Crippen LogP contribution in [-0.2, 0) is 22.7 Å². The molecule has 2 aliphatic rings. The molecule has 3 heterocycles. The lowest BCUT2D eigenvalue weighted by Crippen LogP contribution is -2.44. The molecule has 9 nitrogen and oxygen atoms in total. The monoisotopic (exact) mass is 397 g/mol. The molecule has 4 rings (SSSR count). The molecule has 0 spiro atoms. The number of aromatic nitrogens is 1. The Bertz CT molecular complexity index is 907. The summed E-state index contributed by atoms with van der Waals surface area (Å²) in [6.07, 6.45) is 1.63. The summed E-state index contributed by atoms with van der Waals surface area (Å²) < 4.78 is 10.8. The van der Waals surface area contributed by atoms with Gasteiger partial charge in [-0.1, -0.05) is 35.5 Å². The van der Waals surface area contributed by atoms with Crippen LogP contribution in [0.15, 0.2) is 40.0 Å². The van der Waals surface area contributed by atoms with Crippen molar-refractivity contribution in [3.05, 3.63) is 52.9 Å². The van der Waals surface area contributed by atoms with Crippen molar-refractivity contribution in [2.75, 3.05) is 13.2 Å². The van der Waals surface area contributed by atoms with Crippen molar-refractivity contribution < 1.29 is 18.8 Å². The first-order valence-corrected chi connectivity index (χ1v) is 9.49. The van der Waals surface area contributed by atoms with Crippen LogP contribution in [0.3, 0.4) is 0 Å². The van der Waals surface area contributed by atoms with E-state index in [2.05, 4.69) is 15.6 Å². The van der Waals surface area contributed by atoms with Gasteiger partial charge >= 0.3 is 6.03 Å². The number of hydrogen-bond acceptors (Lipinski definition) is 7. The lowest BCUT2D eigenvalue weighted by molar-refractivity contribution is -0.129. The molecule has 1 saturated heterocycles. The van der Waals surface area contributed by atoms with Crippen molar-refractivity contribution >= 4 is 18.2 Å². The molecule has 0 saturated carbocycles. The first kappa shape index (κ1) is 19.1. The number of nitrogens with one attached hydrogen (secondary N) is 1. The van der Waals surface area contributed by atoms with Crippen molar-refractivity contribution in [1.29, 1.82) is 0 Å². The molecule has 29 heavy (non-hydrogen) atoms. The normalized spacial score (nSPS) is 21.3. The van der Waals surface area contributed by atoms with Gasteiger partial charge in [-0.2, -0.15) is 5.10 Å². The number of ether oxygens (including phenoxy) is 1. The van der Waals surface area contributed by atoms with Gasteiger partial charge in [-0.15, -0.1) is 0 Å². The van der Waals surface area contributed by atoms with Crippen LogP contribution >= 0.6 is 0 Å². The Morgan fingerprint density at radius 3 is 2.76 bits per heavy atom.